The molecule has 1 aromatic rings. The van der Waals surface area contributed by atoms with E-state index in [2.05, 4.69) is 22.1 Å². The van der Waals surface area contributed by atoms with Gasteiger partial charge in [0.15, 0.2) is 11.5 Å². The fourth-order valence-corrected chi connectivity index (χ4v) is 2.61. The average Bonchev–Trinajstić information content (AvgIpc) is 3.13. The summed E-state index contributed by atoms with van der Waals surface area (Å²) in [4.78, 5) is 14.6. The predicted molar refractivity (Wildman–Crippen MR) is 91.9 cm³/mol. The van der Waals surface area contributed by atoms with Crippen LogP contribution in [0.1, 0.15) is 23.2 Å². The van der Waals surface area contributed by atoms with E-state index in [0.717, 1.165) is 19.6 Å². The van der Waals surface area contributed by atoms with Crippen LogP contribution < -0.4 is 19.5 Å². The molecule has 1 amide bonds. The van der Waals surface area contributed by atoms with Gasteiger partial charge in [-0.05, 0) is 38.1 Å². The van der Waals surface area contributed by atoms with Crippen LogP contribution in [0.5, 0.6) is 17.2 Å². The number of nitrogens with one attached hydrogen (secondary N) is 1. The second-order valence-corrected chi connectivity index (χ2v) is 5.43. The van der Waals surface area contributed by atoms with E-state index in [9.17, 15) is 4.79 Å². The van der Waals surface area contributed by atoms with Crippen LogP contribution in [0.3, 0.4) is 0 Å². The standard InChI is InChI=1S/C18H24N2O4/c1-22-15-12-14(13-16(23-2)17(15)24-3)18(21)19-8-4-5-9-20-10-6-7-11-20/h12-13H,6-11H2,1-3H3,(H,19,21). The average molecular weight is 332 g/mol. The molecule has 6 nitrogen and oxygen atoms in total. The number of ether oxygens (including phenoxy) is 3. The molecule has 0 bridgehead atoms. The van der Waals surface area contributed by atoms with Gasteiger partial charge in [0.1, 0.15) is 0 Å². The molecule has 0 spiro atoms. The number of likely N-dealkylation sites (tertiary alicyclic amines) is 1. The molecular weight excluding hydrogens is 308 g/mol. The first-order chi connectivity index (χ1) is 11.7. The molecule has 130 valence electrons. The van der Waals surface area contributed by atoms with Crippen molar-refractivity contribution in [1.29, 1.82) is 0 Å². The number of benzene rings is 1. The van der Waals surface area contributed by atoms with Crippen molar-refractivity contribution in [2.24, 2.45) is 0 Å². The summed E-state index contributed by atoms with van der Waals surface area (Å²) in [6.07, 6.45) is 2.50. The van der Waals surface area contributed by atoms with Crippen LogP contribution in [0.4, 0.5) is 0 Å². The molecule has 2 rings (SSSR count). The van der Waals surface area contributed by atoms with Crippen molar-refractivity contribution in [2.45, 2.75) is 12.8 Å². The zero-order valence-corrected chi connectivity index (χ0v) is 14.5. The highest BCUT2D eigenvalue weighted by Crippen LogP contribution is 2.38. The van der Waals surface area contributed by atoms with Gasteiger partial charge in [0.2, 0.25) is 5.75 Å². The Morgan fingerprint density at radius 3 is 2.25 bits per heavy atom. The van der Waals surface area contributed by atoms with Crippen molar-refractivity contribution in [3.63, 3.8) is 0 Å². The van der Waals surface area contributed by atoms with E-state index in [4.69, 9.17) is 14.2 Å². The van der Waals surface area contributed by atoms with Crippen LogP contribution in [0.2, 0.25) is 0 Å². The second kappa shape index (κ2) is 9.04. The van der Waals surface area contributed by atoms with Crippen molar-refractivity contribution in [2.75, 3.05) is 47.5 Å². The molecule has 0 atom stereocenters. The lowest BCUT2D eigenvalue weighted by atomic mass is 10.1. The Kier molecular flexibility index (Phi) is 6.76. The molecule has 1 heterocycles. The first kappa shape index (κ1) is 18.0. The summed E-state index contributed by atoms with van der Waals surface area (Å²) in [7, 11) is 4.56. The normalized spacial score (nSPS) is 13.8. The third-order valence-corrected chi connectivity index (χ3v) is 3.89. The van der Waals surface area contributed by atoms with E-state index < -0.39 is 0 Å². The van der Waals surface area contributed by atoms with Gasteiger partial charge in [-0.15, -0.1) is 0 Å². The highest BCUT2D eigenvalue weighted by molar-refractivity contribution is 5.95. The first-order valence-electron chi connectivity index (χ1n) is 7.96. The molecule has 0 aliphatic carbocycles. The van der Waals surface area contributed by atoms with Crippen LogP contribution >= 0.6 is 0 Å². The van der Waals surface area contributed by atoms with Crippen LogP contribution in [-0.4, -0.2) is 58.3 Å². The smallest absolute Gasteiger partial charge is 0.252 e. The maximum absolute atomic E-state index is 12.3. The van der Waals surface area contributed by atoms with Crippen LogP contribution in [0, 0.1) is 11.8 Å². The number of amides is 1. The topological polar surface area (TPSA) is 60.0 Å². The highest BCUT2D eigenvalue weighted by atomic mass is 16.5. The summed E-state index contributed by atoms with van der Waals surface area (Å²) in [6.45, 7) is 3.31. The maximum Gasteiger partial charge on any atom is 0.252 e. The second-order valence-electron chi connectivity index (χ2n) is 5.43. The van der Waals surface area contributed by atoms with E-state index in [1.165, 1.54) is 34.2 Å². The van der Waals surface area contributed by atoms with Crippen LogP contribution in [0.25, 0.3) is 0 Å². The zero-order chi connectivity index (χ0) is 17.4. The molecule has 1 fully saturated rings. The van der Waals surface area contributed by atoms with Crippen molar-refractivity contribution in [3.05, 3.63) is 17.7 Å². The Bertz CT molecular complexity index is 603. The minimum absolute atomic E-state index is 0.232. The molecule has 1 aromatic carbocycles. The van der Waals surface area contributed by atoms with Gasteiger partial charge < -0.3 is 19.5 Å². The van der Waals surface area contributed by atoms with Crippen molar-refractivity contribution in [3.8, 4) is 29.1 Å². The summed E-state index contributed by atoms with van der Waals surface area (Å²) < 4.78 is 15.7. The Morgan fingerprint density at radius 2 is 1.71 bits per heavy atom. The fraction of sp³-hybridized carbons (Fsp3) is 0.500. The number of carbonyl (C=O) groups is 1. The molecule has 0 aromatic heterocycles. The van der Waals surface area contributed by atoms with Gasteiger partial charge in [0.25, 0.3) is 5.91 Å². The summed E-state index contributed by atoms with van der Waals surface area (Å²) in [5, 5.41) is 2.78. The SMILES string of the molecule is COc1cc(C(=O)NCC#CCN2CCCC2)cc(OC)c1OC. The number of rotatable bonds is 6. The number of hydrogen-bond acceptors (Lipinski definition) is 5. The molecule has 24 heavy (non-hydrogen) atoms. The number of carbonyl (C=O) groups excluding carboxylic acids is 1. The molecule has 1 N–H and O–H groups in total. The van der Waals surface area contributed by atoms with Gasteiger partial charge in [0.05, 0.1) is 34.4 Å². The quantitative estimate of drug-likeness (QED) is 0.801. The van der Waals surface area contributed by atoms with Gasteiger partial charge in [-0.3, -0.25) is 9.69 Å². The van der Waals surface area contributed by atoms with Crippen molar-refractivity contribution >= 4 is 5.91 Å². The lowest BCUT2D eigenvalue weighted by Crippen LogP contribution is -2.24. The van der Waals surface area contributed by atoms with E-state index in [1.807, 2.05) is 0 Å². The van der Waals surface area contributed by atoms with E-state index in [-0.39, 0.29) is 5.91 Å². The van der Waals surface area contributed by atoms with Crippen molar-refractivity contribution < 1.29 is 19.0 Å². The molecule has 1 aliphatic rings. The first-order valence-corrected chi connectivity index (χ1v) is 7.96. The Labute approximate surface area is 143 Å². The van der Waals surface area contributed by atoms with Crippen LogP contribution in [0.15, 0.2) is 12.1 Å². The Balaban J connectivity index is 1.95. The Hall–Kier alpha value is -2.39. The lowest BCUT2D eigenvalue weighted by molar-refractivity contribution is 0.0958. The number of hydrogen-bond donors (Lipinski definition) is 1. The van der Waals surface area contributed by atoms with Gasteiger partial charge in [-0.1, -0.05) is 11.8 Å². The van der Waals surface area contributed by atoms with E-state index in [0.29, 0.717) is 29.4 Å². The summed E-state index contributed by atoms with van der Waals surface area (Å²) >= 11 is 0. The van der Waals surface area contributed by atoms with Gasteiger partial charge >= 0.3 is 0 Å². The lowest BCUT2D eigenvalue weighted by Gasteiger charge is -2.13. The number of nitrogens with zero attached hydrogens (tertiary/aromatic N) is 1. The summed E-state index contributed by atoms with van der Waals surface area (Å²) in [6, 6.07) is 3.24. The summed E-state index contributed by atoms with van der Waals surface area (Å²) in [5.41, 5.74) is 0.436. The minimum Gasteiger partial charge on any atom is -0.493 e. The fourth-order valence-electron chi connectivity index (χ4n) is 2.61. The van der Waals surface area contributed by atoms with E-state index >= 15 is 0 Å². The molecule has 1 saturated heterocycles. The largest absolute Gasteiger partial charge is 0.493 e. The van der Waals surface area contributed by atoms with Gasteiger partial charge in [0, 0.05) is 5.56 Å². The maximum atomic E-state index is 12.3. The predicted octanol–water partition coefficient (Wildman–Crippen LogP) is 1.54. The molecular formula is C18H24N2O4. The van der Waals surface area contributed by atoms with Crippen LogP contribution in [-0.2, 0) is 0 Å². The third kappa shape index (κ3) is 4.56. The van der Waals surface area contributed by atoms with E-state index in [1.54, 1.807) is 12.1 Å². The van der Waals surface area contributed by atoms with Gasteiger partial charge in [-0.25, -0.2) is 0 Å². The minimum atomic E-state index is -0.232. The molecule has 6 heteroatoms. The monoisotopic (exact) mass is 332 g/mol. The van der Waals surface area contributed by atoms with Crippen molar-refractivity contribution in [1.82, 2.24) is 10.2 Å². The summed E-state index contributed by atoms with van der Waals surface area (Å²) in [5.74, 6) is 7.19. The third-order valence-electron chi connectivity index (χ3n) is 3.89. The van der Waals surface area contributed by atoms with Gasteiger partial charge in [-0.2, -0.15) is 0 Å². The zero-order valence-electron chi connectivity index (χ0n) is 14.5. The molecule has 0 saturated carbocycles. The molecule has 0 radical (unpaired) electrons. The molecule has 1 aliphatic heterocycles. The highest BCUT2D eigenvalue weighted by Gasteiger charge is 2.16. The number of methoxy groups -OCH3 is 3. The molecule has 0 unspecified atom stereocenters. The Morgan fingerprint density at radius 1 is 1.08 bits per heavy atom.